The maximum atomic E-state index is 12.9. The average Bonchev–Trinajstić information content (AvgIpc) is 2.84. The first-order valence-electron chi connectivity index (χ1n) is 11.5. The Balaban J connectivity index is 1.41. The second-order valence-electron chi connectivity index (χ2n) is 9.61. The number of sulfonamides is 1. The van der Waals surface area contributed by atoms with Crippen molar-refractivity contribution < 1.29 is 8.42 Å². The average molecular weight is 530 g/mol. The second-order valence-corrected chi connectivity index (χ2v) is 12.7. The Morgan fingerprint density at radius 3 is 1.77 bits per heavy atom. The maximum absolute atomic E-state index is 12.9. The van der Waals surface area contributed by atoms with Crippen molar-refractivity contribution in [3.8, 4) is 11.1 Å². The van der Waals surface area contributed by atoms with Crippen molar-refractivity contribution in [1.82, 2.24) is 9.38 Å². The van der Waals surface area contributed by atoms with E-state index in [1.54, 1.807) is 12.1 Å². The van der Waals surface area contributed by atoms with Crippen LogP contribution in [0, 0.1) is 0 Å². The highest BCUT2D eigenvalue weighted by Crippen LogP contribution is 2.27. The zero-order valence-corrected chi connectivity index (χ0v) is 22.9. The third-order valence-electron chi connectivity index (χ3n) is 6.27. The molecule has 1 fully saturated rings. The van der Waals surface area contributed by atoms with Gasteiger partial charge in [-0.25, -0.2) is 8.42 Å². The van der Waals surface area contributed by atoms with Crippen LogP contribution in [-0.4, -0.2) is 65.3 Å². The first-order chi connectivity index (χ1) is 16.5. The SMILES string of the molecule is C[N+](C)(C)c1ccc(-c2ccc(S(=O)(=O)Nc3ccc(N4CCN(C(S)S)CC4)cc3)cc2)cc1. The van der Waals surface area contributed by atoms with E-state index >= 15 is 0 Å². The molecule has 4 rings (SSSR count). The van der Waals surface area contributed by atoms with E-state index in [9.17, 15) is 8.42 Å². The molecule has 0 saturated carbocycles. The van der Waals surface area contributed by atoms with Crippen LogP contribution in [0.5, 0.6) is 0 Å². The predicted octanol–water partition coefficient (Wildman–Crippen LogP) is 4.62. The van der Waals surface area contributed by atoms with Gasteiger partial charge in [-0.1, -0.05) is 12.1 Å². The number of rotatable bonds is 7. The van der Waals surface area contributed by atoms with E-state index in [-0.39, 0.29) is 9.60 Å². The number of nitrogens with zero attached hydrogens (tertiary/aromatic N) is 3. The van der Waals surface area contributed by atoms with E-state index in [1.165, 1.54) is 5.69 Å². The van der Waals surface area contributed by atoms with Crippen LogP contribution in [0.15, 0.2) is 77.7 Å². The first-order valence-corrected chi connectivity index (χ1v) is 14.1. The largest absolute Gasteiger partial charge is 0.369 e. The Morgan fingerprint density at radius 2 is 1.29 bits per heavy atom. The zero-order chi connectivity index (χ0) is 25.2. The second kappa shape index (κ2) is 10.4. The summed E-state index contributed by atoms with van der Waals surface area (Å²) < 4.78 is 29.3. The minimum Gasteiger partial charge on any atom is -0.369 e. The van der Waals surface area contributed by atoms with Gasteiger partial charge in [-0.2, -0.15) is 0 Å². The summed E-state index contributed by atoms with van der Waals surface area (Å²) in [5.41, 5.74) is 4.84. The van der Waals surface area contributed by atoms with Crippen LogP contribution >= 0.6 is 25.3 Å². The van der Waals surface area contributed by atoms with E-state index in [4.69, 9.17) is 0 Å². The van der Waals surface area contributed by atoms with Gasteiger partial charge in [-0.3, -0.25) is 14.1 Å². The third kappa shape index (κ3) is 6.34. The molecule has 3 aromatic carbocycles. The van der Waals surface area contributed by atoms with Crippen LogP contribution in [0.25, 0.3) is 11.1 Å². The van der Waals surface area contributed by atoms with Crippen LogP contribution < -0.4 is 14.1 Å². The van der Waals surface area contributed by atoms with E-state index in [0.717, 1.165) is 47.5 Å². The number of benzene rings is 3. The Hall–Kier alpha value is -2.17. The molecule has 0 aliphatic carbocycles. The van der Waals surface area contributed by atoms with Gasteiger partial charge >= 0.3 is 0 Å². The molecule has 1 heterocycles. The topological polar surface area (TPSA) is 52.7 Å². The van der Waals surface area contributed by atoms with Crippen molar-refractivity contribution in [3.63, 3.8) is 0 Å². The number of anilines is 2. The lowest BCUT2D eigenvalue weighted by molar-refractivity contribution is 0.287. The molecule has 0 spiro atoms. The van der Waals surface area contributed by atoms with Crippen LogP contribution in [0.3, 0.4) is 0 Å². The molecule has 1 saturated heterocycles. The molecule has 1 N–H and O–H groups in total. The van der Waals surface area contributed by atoms with Crippen LogP contribution in [0.2, 0.25) is 0 Å². The lowest BCUT2D eigenvalue weighted by Crippen LogP contribution is -2.47. The molecule has 35 heavy (non-hydrogen) atoms. The molecule has 0 unspecified atom stereocenters. The highest BCUT2D eigenvalue weighted by Gasteiger charge is 2.20. The van der Waals surface area contributed by atoms with Crippen molar-refractivity contribution in [2.45, 2.75) is 9.60 Å². The lowest BCUT2D eigenvalue weighted by Gasteiger charge is -2.37. The minimum atomic E-state index is -3.68. The van der Waals surface area contributed by atoms with Gasteiger partial charge in [-0.15, -0.1) is 25.3 Å². The highest BCUT2D eigenvalue weighted by molar-refractivity contribution is 7.99. The number of quaternary nitrogens is 1. The molecule has 186 valence electrons. The first kappa shape index (κ1) is 25.9. The molecular formula is C26H33N4O2S3+. The molecule has 6 nitrogen and oxygen atoms in total. The van der Waals surface area contributed by atoms with Crippen molar-refractivity contribution in [1.29, 1.82) is 0 Å². The van der Waals surface area contributed by atoms with Crippen LogP contribution in [-0.2, 0) is 10.0 Å². The number of thiol groups is 2. The summed E-state index contributed by atoms with van der Waals surface area (Å²) in [5, 5.41) is 0. The molecule has 0 radical (unpaired) electrons. The smallest absolute Gasteiger partial charge is 0.261 e. The lowest BCUT2D eigenvalue weighted by atomic mass is 10.1. The van der Waals surface area contributed by atoms with E-state index in [2.05, 4.69) is 85.2 Å². The standard InChI is InChI=1S/C26H32N4O2S3/c1-30(2,3)24-12-4-20(5-13-24)21-6-14-25(15-7-21)35(31,32)27-22-8-10-23(11-9-22)28-16-18-29(19-17-28)26(33)34/h4-15,26-27H,16-19H2,1-3H3,(H-,33,34)/p+1. The third-order valence-corrected chi connectivity index (χ3v) is 8.32. The fraction of sp³-hybridized carbons (Fsp3) is 0.308. The van der Waals surface area contributed by atoms with E-state index < -0.39 is 10.0 Å². The minimum absolute atomic E-state index is 0.0451. The molecule has 3 aromatic rings. The summed E-state index contributed by atoms with van der Waals surface area (Å²) in [6, 6.07) is 22.8. The molecule has 1 aliphatic heterocycles. The summed E-state index contributed by atoms with van der Waals surface area (Å²) >= 11 is 8.77. The molecule has 0 aromatic heterocycles. The van der Waals surface area contributed by atoms with Gasteiger partial charge in [0.05, 0.1) is 30.7 Å². The van der Waals surface area contributed by atoms with Gasteiger partial charge in [0, 0.05) is 37.6 Å². The number of hydrogen-bond donors (Lipinski definition) is 3. The summed E-state index contributed by atoms with van der Waals surface area (Å²) in [6.07, 6.45) is 0. The van der Waals surface area contributed by atoms with Crippen molar-refractivity contribution in [2.24, 2.45) is 0 Å². The highest BCUT2D eigenvalue weighted by atomic mass is 32.2. The van der Waals surface area contributed by atoms with E-state index in [0.29, 0.717) is 5.69 Å². The molecular weight excluding hydrogens is 497 g/mol. The quantitative estimate of drug-likeness (QED) is 0.238. The summed E-state index contributed by atoms with van der Waals surface area (Å²) in [5.74, 6) is 0. The van der Waals surface area contributed by atoms with Gasteiger partial charge in [0.25, 0.3) is 10.0 Å². The number of nitrogens with one attached hydrogen (secondary N) is 1. The number of piperazine rings is 1. The summed E-state index contributed by atoms with van der Waals surface area (Å²) in [4.78, 5) is 4.72. The van der Waals surface area contributed by atoms with Crippen molar-refractivity contribution >= 4 is 52.3 Å². The number of hydrogen-bond acceptors (Lipinski definition) is 6. The molecule has 1 aliphatic rings. The van der Waals surface area contributed by atoms with Crippen molar-refractivity contribution in [3.05, 3.63) is 72.8 Å². The van der Waals surface area contributed by atoms with Gasteiger partial charge in [0.2, 0.25) is 0 Å². The Bertz CT molecular complexity index is 1230. The molecule has 0 amide bonds. The zero-order valence-electron chi connectivity index (χ0n) is 20.3. The van der Waals surface area contributed by atoms with Crippen LogP contribution in [0.1, 0.15) is 0 Å². The van der Waals surface area contributed by atoms with Gasteiger partial charge in [-0.05, 0) is 71.8 Å². The monoisotopic (exact) mass is 529 g/mol. The molecule has 9 heteroatoms. The van der Waals surface area contributed by atoms with Gasteiger partial charge < -0.3 is 4.90 Å². The maximum Gasteiger partial charge on any atom is 0.261 e. The van der Waals surface area contributed by atoms with E-state index in [1.807, 2.05) is 36.4 Å². The Morgan fingerprint density at radius 1 is 0.771 bits per heavy atom. The fourth-order valence-electron chi connectivity index (χ4n) is 4.09. The normalized spacial score (nSPS) is 15.4. The van der Waals surface area contributed by atoms with Gasteiger partial charge in [0.1, 0.15) is 5.69 Å². The summed E-state index contributed by atoms with van der Waals surface area (Å²) in [7, 11) is 2.69. The van der Waals surface area contributed by atoms with Gasteiger partial charge in [0.15, 0.2) is 0 Å². The van der Waals surface area contributed by atoms with Crippen LogP contribution in [0.4, 0.5) is 17.1 Å². The predicted molar refractivity (Wildman–Crippen MR) is 154 cm³/mol. The molecule has 0 atom stereocenters. The summed E-state index contributed by atoms with van der Waals surface area (Å²) in [6.45, 7) is 3.55. The Labute approximate surface area is 220 Å². The fourth-order valence-corrected chi connectivity index (χ4v) is 5.61. The Kier molecular flexibility index (Phi) is 7.73. The molecule has 0 bridgehead atoms. The van der Waals surface area contributed by atoms with Crippen molar-refractivity contribution in [2.75, 3.05) is 56.9 Å².